The number of nitrogens with zero attached hydrogens (tertiary/aromatic N) is 5. The summed E-state index contributed by atoms with van der Waals surface area (Å²) < 4.78 is 2.03. The first-order chi connectivity index (χ1) is 13.2. The third kappa shape index (κ3) is 3.45. The highest BCUT2D eigenvalue weighted by molar-refractivity contribution is 5.85. The van der Waals surface area contributed by atoms with E-state index in [1.54, 1.807) is 6.20 Å². The van der Waals surface area contributed by atoms with Gasteiger partial charge >= 0.3 is 0 Å². The number of anilines is 2. The third-order valence-electron chi connectivity index (χ3n) is 5.19. The van der Waals surface area contributed by atoms with E-state index in [4.69, 9.17) is 0 Å². The lowest BCUT2D eigenvalue weighted by Gasteiger charge is -2.36. The highest BCUT2D eigenvalue weighted by Crippen LogP contribution is 2.20. The number of aryl methyl sites for hydroxylation is 1. The van der Waals surface area contributed by atoms with E-state index < -0.39 is 0 Å². The van der Waals surface area contributed by atoms with Gasteiger partial charge in [-0.15, -0.1) is 0 Å². The van der Waals surface area contributed by atoms with Gasteiger partial charge in [-0.2, -0.15) is 0 Å². The highest BCUT2D eigenvalue weighted by Gasteiger charge is 2.22. The van der Waals surface area contributed by atoms with Crippen LogP contribution in [0.3, 0.4) is 0 Å². The maximum absolute atomic E-state index is 12.8. The van der Waals surface area contributed by atoms with E-state index in [1.807, 2.05) is 47.2 Å². The van der Waals surface area contributed by atoms with E-state index in [1.165, 1.54) is 0 Å². The molecule has 0 aromatic carbocycles. The van der Waals surface area contributed by atoms with Crippen molar-refractivity contribution in [2.75, 3.05) is 43.4 Å². The Morgan fingerprint density at radius 2 is 1.96 bits per heavy atom. The van der Waals surface area contributed by atoms with Gasteiger partial charge in [-0.1, -0.05) is 0 Å². The molecule has 0 aliphatic carbocycles. The Morgan fingerprint density at radius 3 is 2.67 bits per heavy atom. The average molecular weight is 364 g/mol. The van der Waals surface area contributed by atoms with Crippen LogP contribution in [-0.2, 0) is 11.3 Å². The molecule has 3 aromatic rings. The molecule has 4 rings (SSSR count). The Kier molecular flexibility index (Phi) is 4.66. The maximum Gasteiger partial charge on any atom is 0.242 e. The second-order valence-electron chi connectivity index (χ2n) is 6.85. The molecular formula is C20H24N6O. The summed E-state index contributed by atoms with van der Waals surface area (Å²) >= 11 is 0. The number of hydrogen-bond donors (Lipinski definition) is 1. The normalized spacial score (nSPS) is 14.6. The van der Waals surface area contributed by atoms with Gasteiger partial charge in [-0.25, -0.2) is 4.98 Å². The molecule has 1 amide bonds. The molecule has 1 aliphatic heterocycles. The summed E-state index contributed by atoms with van der Waals surface area (Å²) in [4.78, 5) is 25.6. The van der Waals surface area contributed by atoms with E-state index in [0.29, 0.717) is 6.54 Å². The first kappa shape index (κ1) is 17.3. The number of rotatable bonds is 4. The van der Waals surface area contributed by atoms with E-state index >= 15 is 0 Å². The largest absolute Gasteiger partial charge is 0.373 e. The first-order valence-corrected chi connectivity index (χ1v) is 9.21. The second-order valence-corrected chi connectivity index (χ2v) is 6.85. The van der Waals surface area contributed by atoms with Crippen LogP contribution in [0.4, 0.5) is 11.5 Å². The molecule has 1 N–H and O–H groups in total. The maximum atomic E-state index is 12.8. The van der Waals surface area contributed by atoms with Crippen molar-refractivity contribution in [3.05, 3.63) is 48.5 Å². The van der Waals surface area contributed by atoms with Gasteiger partial charge in [0, 0.05) is 57.2 Å². The Hall–Kier alpha value is -3.09. The van der Waals surface area contributed by atoms with Crippen LogP contribution in [0.2, 0.25) is 0 Å². The Balaban J connectivity index is 1.39. The predicted octanol–water partition coefficient (Wildman–Crippen LogP) is 2.13. The second kappa shape index (κ2) is 7.26. The van der Waals surface area contributed by atoms with E-state index in [-0.39, 0.29) is 5.91 Å². The number of amides is 1. The number of fused-ring (bicyclic) bond motifs is 1. The van der Waals surface area contributed by atoms with Gasteiger partial charge < -0.3 is 19.7 Å². The van der Waals surface area contributed by atoms with Crippen molar-refractivity contribution in [2.24, 2.45) is 0 Å². The highest BCUT2D eigenvalue weighted by atomic mass is 16.2. The summed E-state index contributed by atoms with van der Waals surface area (Å²) in [6, 6.07) is 6.01. The van der Waals surface area contributed by atoms with Gasteiger partial charge in [-0.05, 0) is 30.7 Å². The van der Waals surface area contributed by atoms with Crippen molar-refractivity contribution in [3.63, 3.8) is 0 Å². The Bertz CT molecular complexity index is 941. The molecule has 0 saturated carbocycles. The molecule has 0 bridgehead atoms. The van der Waals surface area contributed by atoms with Gasteiger partial charge in [-0.3, -0.25) is 9.78 Å². The van der Waals surface area contributed by atoms with Crippen LogP contribution in [0.15, 0.2) is 43.0 Å². The molecule has 0 atom stereocenters. The minimum absolute atomic E-state index is 0.159. The molecule has 3 aromatic heterocycles. The molecule has 0 spiro atoms. The lowest BCUT2D eigenvalue weighted by molar-refractivity contribution is -0.132. The quantitative estimate of drug-likeness (QED) is 0.768. The zero-order chi connectivity index (χ0) is 18.8. The number of aromatic nitrogens is 3. The van der Waals surface area contributed by atoms with Crippen LogP contribution in [0, 0.1) is 6.92 Å². The smallest absolute Gasteiger partial charge is 0.242 e. The van der Waals surface area contributed by atoms with Gasteiger partial charge in [0.1, 0.15) is 12.4 Å². The number of piperazine rings is 1. The lowest BCUT2D eigenvalue weighted by atomic mass is 10.2. The average Bonchev–Trinajstić information content (AvgIpc) is 3.04. The van der Waals surface area contributed by atoms with Crippen molar-refractivity contribution in [1.29, 1.82) is 0 Å². The Labute approximate surface area is 158 Å². The van der Waals surface area contributed by atoms with Crippen molar-refractivity contribution >= 4 is 28.3 Å². The van der Waals surface area contributed by atoms with Crippen LogP contribution in [0.5, 0.6) is 0 Å². The van der Waals surface area contributed by atoms with Crippen LogP contribution < -0.4 is 10.2 Å². The lowest BCUT2D eigenvalue weighted by Crippen LogP contribution is -2.49. The van der Waals surface area contributed by atoms with E-state index in [0.717, 1.165) is 54.2 Å². The van der Waals surface area contributed by atoms with Crippen molar-refractivity contribution in [3.8, 4) is 0 Å². The van der Waals surface area contributed by atoms with Crippen LogP contribution in [-0.4, -0.2) is 58.6 Å². The monoisotopic (exact) mass is 364 g/mol. The molecule has 7 nitrogen and oxygen atoms in total. The fraction of sp³-hybridized carbons (Fsp3) is 0.350. The van der Waals surface area contributed by atoms with Crippen molar-refractivity contribution < 1.29 is 4.79 Å². The molecule has 140 valence electrons. The van der Waals surface area contributed by atoms with Gasteiger partial charge in [0.25, 0.3) is 0 Å². The number of carbonyl (C=O) groups is 1. The molecular weight excluding hydrogens is 340 g/mol. The van der Waals surface area contributed by atoms with Gasteiger partial charge in [0.05, 0.1) is 17.4 Å². The topological polar surface area (TPSA) is 66.3 Å². The van der Waals surface area contributed by atoms with Crippen molar-refractivity contribution in [2.45, 2.75) is 13.5 Å². The first-order valence-electron chi connectivity index (χ1n) is 9.21. The molecule has 1 fully saturated rings. The fourth-order valence-corrected chi connectivity index (χ4v) is 3.63. The number of pyridine rings is 2. The SMILES string of the molecule is CNc1ccc(N2CCN(C(=O)Cn3cc(C)c4cnccc43)CC2)cn1. The van der Waals surface area contributed by atoms with Crippen LogP contribution >= 0.6 is 0 Å². The molecule has 7 heteroatoms. The zero-order valence-corrected chi connectivity index (χ0v) is 15.7. The summed E-state index contributed by atoms with van der Waals surface area (Å²) in [6.07, 6.45) is 7.55. The minimum Gasteiger partial charge on any atom is -0.373 e. The predicted molar refractivity (Wildman–Crippen MR) is 107 cm³/mol. The minimum atomic E-state index is 0.159. The summed E-state index contributed by atoms with van der Waals surface area (Å²) in [5.41, 5.74) is 3.30. The molecule has 4 heterocycles. The van der Waals surface area contributed by atoms with E-state index in [2.05, 4.69) is 33.2 Å². The summed E-state index contributed by atoms with van der Waals surface area (Å²) in [5, 5.41) is 4.13. The summed E-state index contributed by atoms with van der Waals surface area (Å²) in [6.45, 7) is 5.52. The number of nitrogens with one attached hydrogen (secondary N) is 1. The molecule has 1 aliphatic rings. The fourth-order valence-electron chi connectivity index (χ4n) is 3.63. The van der Waals surface area contributed by atoms with E-state index in [9.17, 15) is 4.79 Å². The molecule has 0 radical (unpaired) electrons. The standard InChI is InChI=1S/C20H24N6O/c1-15-13-26(18-5-6-22-12-17(15)18)14-20(27)25-9-7-24(8-10-25)16-3-4-19(21-2)23-11-16/h3-6,11-13H,7-10,14H2,1-2H3,(H,21,23). The molecule has 27 heavy (non-hydrogen) atoms. The number of hydrogen-bond acceptors (Lipinski definition) is 5. The summed E-state index contributed by atoms with van der Waals surface area (Å²) in [5.74, 6) is 1.02. The molecule has 0 unspecified atom stereocenters. The van der Waals surface area contributed by atoms with Crippen LogP contribution in [0.1, 0.15) is 5.56 Å². The number of carbonyl (C=O) groups excluding carboxylic acids is 1. The summed E-state index contributed by atoms with van der Waals surface area (Å²) in [7, 11) is 1.86. The molecule has 1 saturated heterocycles. The Morgan fingerprint density at radius 1 is 1.15 bits per heavy atom. The van der Waals surface area contributed by atoms with Gasteiger partial charge in [0.2, 0.25) is 5.91 Å². The van der Waals surface area contributed by atoms with Crippen LogP contribution in [0.25, 0.3) is 10.9 Å². The third-order valence-corrected chi connectivity index (χ3v) is 5.19. The van der Waals surface area contributed by atoms with Gasteiger partial charge in [0.15, 0.2) is 0 Å². The zero-order valence-electron chi connectivity index (χ0n) is 15.7. The van der Waals surface area contributed by atoms with Crippen molar-refractivity contribution in [1.82, 2.24) is 19.4 Å².